The number of hydrogen-bond donors (Lipinski definition) is 12. The third-order valence-electron chi connectivity index (χ3n) is 13.3. The summed E-state index contributed by atoms with van der Waals surface area (Å²) in [6.45, 7) is 3.50. The number of aliphatic carboxylic acids is 2. The number of aromatic hydroxyl groups is 1. The van der Waals surface area contributed by atoms with Crippen molar-refractivity contribution in [2.24, 2.45) is 28.1 Å². The van der Waals surface area contributed by atoms with Gasteiger partial charge in [-0.1, -0.05) is 56.3 Å². The molecular weight excluding hydrogens is 995 g/mol. The Morgan fingerprint density at radius 1 is 0.867 bits per heavy atom. The van der Waals surface area contributed by atoms with Gasteiger partial charge in [0.25, 0.3) is 0 Å². The number of phenolic OH excluding ortho intramolecular Hbond substituents is 1. The van der Waals surface area contributed by atoms with E-state index in [4.69, 9.17) is 17.2 Å². The van der Waals surface area contributed by atoms with Crippen LogP contribution in [0.4, 0.5) is 0 Å². The van der Waals surface area contributed by atoms with Gasteiger partial charge in [0, 0.05) is 56.4 Å². The van der Waals surface area contributed by atoms with Crippen molar-refractivity contribution in [3.05, 3.63) is 83.9 Å². The van der Waals surface area contributed by atoms with Crippen LogP contribution in [-0.4, -0.2) is 166 Å². The number of nitrogens with zero attached hydrogens (tertiary/aromatic N) is 4. The molecule has 7 amide bonds. The molecule has 75 heavy (non-hydrogen) atoms. The molecule has 3 fully saturated rings. The van der Waals surface area contributed by atoms with E-state index < -0.39 is 119 Å². The lowest BCUT2D eigenvalue weighted by molar-refractivity contribution is -0.145. The highest BCUT2D eigenvalue weighted by Crippen LogP contribution is 2.44. The second kappa shape index (κ2) is 25.5. The molecule has 1 aromatic heterocycles. The van der Waals surface area contributed by atoms with Crippen LogP contribution in [-0.2, 0) is 62.4 Å². The number of hydrogen-bond acceptors (Lipinski definition) is 14. The third kappa shape index (κ3) is 14.7. The highest BCUT2D eigenvalue weighted by molar-refractivity contribution is 8.00. The van der Waals surface area contributed by atoms with Gasteiger partial charge in [0.05, 0.1) is 24.2 Å². The zero-order valence-electron chi connectivity index (χ0n) is 41.5. The molecule has 0 unspecified atom stereocenters. The van der Waals surface area contributed by atoms with Crippen LogP contribution in [0.5, 0.6) is 5.75 Å². The minimum atomic E-state index is -1.73. The van der Waals surface area contributed by atoms with Crippen molar-refractivity contribution < 1.29 is 58.5 Å². The number of nitrogens with one attached hydrogen (secondary N) is 6. The number of aromatic amines is 1. The Labute approximate surface area is 436 Å². The number of aromatic nitrogens is 2. The molecule has 3 aliphatic rings. The number of nitrogens with two attached hydrogens (primary N) is 3. The van der Waals surface area contributed by atoms with Gasteiger partial charge in [0.1, 0.15) is 47.5 Å². The average molecular weight is 1060 g/mol. The molecule has 3 saturated heterocycles. The number of imidazole rings is 1. The van der Waals surface area contributed by atoms with Gasteiger partial charge < -0.3 is 73.9 Å². The molecule has 3 aliphatic heterocycles. The van der Waals surface area contributed by atoms with Crippen LogP contribution in [0.3, 0.4) is 0 Å². The van der Waals surface area contributed by atoms with E-state index in [0.29, 0.717) is 23.2 Å². The summed E-state index contributed by atoms with van der Waals surface area (Å²) >= 11 is 1.29. The van der Waals surface area contributed by atoms with Crippen molar-refractivity contribution >= 4 is 71.0 Å². The summed E-state index contributed by atoms with van der Waals surface area (Å²) in [5.74, 6) is -8.51. The maximum Gasteiger partial charge on any atom is 0.326 e. The molecule has 4 heterocycles. The van der Waals surface area contributed by atoms with Crippen LogP contribution < -0.4 is 43.8 Å². The fourth-order valence-electron chi connectivity index (χ4n) is 9.43. The number of amides is 7. The topological polar surface area (TPSA) is 400 Å². The van der Waals surface area contributed by atoms with E-state index in [0.717, 1.165) is 0 Å². The summed E-state index contributed by atoms with van der Waals surface area (Å²) < 4.78 is 0. The van der Waals surface area contributed by atoms with E-state index in [1.807, 2.05) is 0 Å². The van der Waals surface area contributed by atoms with Gasteiger partial charge in [-0.3, -0.25) is 43.3 Å². The molecular formula is C49H65N13O12S. The highest BCUT2D eigenvalue weighted by atomic mass is 32.2. The molecule has 0 aliphatic carbocycles. The number of carboxylic acids is 2. The fourth-order valence-corrected chi connectivity index (χ4v) is 10.9. The van der Waals surface area contributed by atoms with Gasteiger partial charge >= 0.3 is 11.9 Å². The average Bonchev–Trinajstić information content (AvgIpc) is 4.19. The molecule has 0 bridgehead atoms. The van der Waals surface area contributed by atoms with Gasteiger partial charge in [0.15, 0.2) is 5.96 Å². The van der Waals surface area contributed by atoms with Crippen molar-refractivity contribution in [1.82, 2.24) is 46.4 Å². The maximum atomic E-state index is 15.1. The largest absolute Gasteiger partial charge is 0.508 e. The van der Waals surface area contributed by atoms with Crippen LogP contribution >= 0.6 is 11.8 Å². The lowest BCUT2D eigenvalue weighted by Crippen LogP contribution is -2.63. The standard InChI is InChI=1S/C49H65N13O12S/c1-26(2)39(59-41(67)32(10-6-16-54-48(51)52)56-40(66)31(50)20-38(64)65)44(70)60-49(21-28-12-14-30(63)15-13-28)22-37-62(47(49)74)36(24-75-37)43(69)57-33(19-29-23-53-25-55-29)45(71)61-17-7-11-35(61)42(68)58-34(46(72)73)18-27-8-4-3-5-9-27/h3-5,8-9,12-15,23,25-26,31-37,39,63H,6-7,10-11,16-22,24,50H2,1-2H3,(H,53,55)(H,56,66)(H,57,69)(H,58,68)(H,59,67)(H,60,70)(H,64,65)(H,72,73)(H4,51,52,54)/t31-,32-,33-,34-,35-,36-,37-,39-,49+/m0/s1. The van der Waals surface area contributed by atoms with Crippen molar-refractivity contribution in [1.29, 1.82) is 0 Å². The van der Waals surface area contributed by atoms with E-state index in [2.05, 4.69) is 41.5 Å². The van der Waals surface area contributed by atoms with E-state index in [9.17, 15) is 53.7 Å². The number of benzene rings is 2. The molecule has 0 spiro atoms. The molecule has 9 atom stereocenters. The minimum absolute atomic E-state index is 0.00516. The molecule has 0 radical (unpaired) electrons. The first-order valence-electron chi connectivity index (χ1n) is 24.5. The van der Waals surface area contributed by atoms with Crippen molar-refractivity contribution in [2.75, 3.05) is 18.8 Å². The first kappa shape index (κ1) is 56.6. The summed E-state index contributed by atoms with van der Waals surface area (Å²) in [6, 6.07) is 5.83. The molecule has 26 heteroatoms. The van der Waals surface area contributed by atoms with Gasteiger partial charge in [-0.2, -0.15) is 0 Å². The Bertz CT molecular complexity index is 2580. The van der Waals surface area contributed by atoms with Gasteiger partial charge in [-0.15, -0.1) is 11.8 Å². The van der Waals surface area contributed by atoms with E-state index >= 15 is 4.79 Å². The smallest absolute Gasteiger partial charge is 0.326 e. The number of guanidine groups is 1. The lowest BCUT2D eigenvalue weighted by atomic mass is 9.87. The quantitative estimate of drug-likeness (QED) is 0.0253. The number of phenols is 1. The van der Waals surface area contributed by atoms with Crippen LogP contribution in [0, 0.1) is 5.92 Å². The van der Waals surface area contributed by atoms with Crippen LogP contribution in [0.2, 0.25) is 0 Å². The first-order chi connectivity index (χ1) is 35.7. The summed E-state index contributed by atoms with van der Waals surface area (Å²) in [5.41, 5.74) is 16.6. The lowest BCUT2D eigenvalue weighted by Gasteiger charge is -2.34. The van der Waals surface area contributed by atoms with Crippen LogP contribution in [0.25, 0.3) is 0 Å². The summed E-state index contributed by atoms with van der Waals surface area (Å²) in [7, 11) is 0. The monoisotopic (exact) mass is 1060 g/mol. The minimum Gasteiger partial charge on any atom is -0.508 e. The summed E-state index contributed by atoms with van der Waals surface area (Å²) in [4.78, 5) is 137. The SMILES string of the molecule is CC(C)[C@H](NC(=O)[C@H](CCCN=C(N)N)NC(=O)[C@@H](N)CC(=O)O)C(=O)N[C@]1(Cc2ccc(O)cc2)C[C@@H]2SC[C@@H](C(=O)N[C@@H](Cc3cnc[nH]3)C(=O)N3CCC[C@H]3C(=O)N[C@@H](Cc3ccccc3)C(=O)O)N2C1=O. The number of carboxylic acid groups (broad SMARTS) is 2. The van der Waals surface area contributed by atoms with E-state index in [1.54, 1.807) is 56.3 Å². The number of thioether (sulfide) groups is 1. The van der Waals surface area contributed by atoms with Crippen molar-refractivity contribution in [2.45, 2.75) is 125 Å². The molecule has 404 valence electrons. The van der Waals surface area contributed by atoms with Crippen molar-refractivity contribution in [3.8, 4) is 5.75 Å². The number of carbonyl (C=O) groups excluding carboxylic acids is 7. The Morgan fingerprint density at radius 3 is 2.20 bits per heavy atom. The normalized spacial score (nSPS) is 21.0. The van der Waals surface area contributed by atoms with Gasteiger partial charge in [-0.05, 0) is 54.9 Å². The summed E-state index contributed by atoms with van der Waals surface area (Å²) in [6.07, 6.45) is 2.73. The molecule has 0 saturated carbocycles. The highest BCUT2D eigenvalue weighted by Gasteiger charge is 2.59. The summed E-state index contributed by atoms with van der Waals surface area (Å²) in [5, 5.41) is 42.2. The van der Waals surface area contributed by atoms with E-state index in [-0.39, 0.29) is 75.5 Å². The number of rotatable bonds is 25. The Balaban J connectivity index is 1.22. The molecule has 15 N–H and O–H groups in total. The number of carbonyl (C=O) groups is 9. The van der Waals surface area contributed by atoms with Crippen molar-refractivity contribution in [3.63, 3.8) is 0 Å². The molecule has 3 aromatic rings. The van der Waals surface area contributed by atoms with Crippen LogP contribution in [0.1, 0.15) is 69.2 Å². The number of H-pyrrole nitrogens is 1. The molecule has 25 nitrogen and oxygen atoms in total. The Kier molecular flexibility index (Phi) is 19.2. The zero-order chi connectivity index (χ0) is 54.6. The molecule has 6 rings (SSSR count). The second-order valence-corrected chi connectivity index (χ2v) is 20.4. The van der Waals surface area contributed by atoms with Gasteiger partial charge in [0.2, 0.25) is 41.4 Å². The van der Waals surface area contributed by atoms with Gasteiger partial charge in [-0.25, -0.2) is 9.78 Å². The Hall–Kier alpha value is -7.74. The molecule has 2 aromatic carbocycles. The fraction of sp³-hybridized carbons (Fsp3) is 0.490. The predicted octanol–water partition coefficient (Wildman–Crippen LogP) is -1.80. The second-order valence-electron chi connectivity index (χ2n) is 19.2. The first-order valence-corrected chi connectivity index (χ1v) is 25.5. The predicted molar refractivity (Wildman–Crippen MR) is 272 cm³/mol. The Morgan fingerprint density at radius 2 is 1.56 bits per heavy atom. The number of fused-ring (bicyclic) bond motifs is 1. The number of likely N-dealkylation sites (tertiary alicyclic amines) is 1. The zero-order valence-corrected chi connectivity index (χ0v) is 42.3. The van der Waals surface area contributed by atoms with E-state index in [1.165, 1.54) is 46.2 Å². The number of aliphatic imine (C=N–C) groups is 1. The van der Waals surface area contributed by atoms with Crippen LogP contribution in [0.15, 0.2) is 72.1 Å². The third-order valence-corrected chi connectivity index (χ3v) is 14.5. The maximum absolute atomic E-state index is 15.1.